The fourth-order valence-corrected chi connectivity index (χ4v) is 2.00. The molecular formula is C13H25N3O. The summed E-state index contributed by atoms with van der Waals surface area (Å²) in [6.45, 7) is 5.39. The topological polar surface area (TPSA) is 64.1 Å². The predicted octanol–water partition coefficient (Wildman–Crippen LogP) is 1.72. The van der Waals surface area contributed by atoms with E-state index < -0.39 is 5.60 Å². The molecule has 0 fully saturated rings. The minimum absolute atomic E-state index is 0.343. The highest BCUT2D eigenvalue weighted by Gasteiger charge is 2.21. The summed E-state index contributed by atoms with van der Waals surface area (Å²) < 4.78 is 2.18. The maximum absolute atomic E-state index is 10.1. The summed E-state index contributed by atoms with van der Waals surface area (Å²) in [5.74, 6) is 1.14. The van der Waals surface area contributed by atoms with Crippen LogP contribution in [0.4, 0.5) is 0 Å². The first-order valence-electron chi connectivity index (χ1n) is 6.57. The van der Waals surface area contributed by atoms with Crippen molar-refractivity contribution in [3.8, 4) is 0 Å². The van der Waals surface area contributed by atoms with Crippen LogP contribution < -0.4 is 5.73 Å². The fraction of sp³-hybridized carbons (Fsp3) is 0.769. The van der Waals surface area contributed by atoms with E-state index >= 15 is 0 Å². The zero-order valence-corrected chi connectivity index (χ0v) is 11.0. The Morgan fingerprint density at radius 2 is 2.24 bits per heavy atom. The van der Waals surface area contributed by atoms with Crippen LogP contribution in [0.3, 0.4) is 0 Å². The van der Waals surface area contributed by atoms with Crippen molar-refractivity contribution in [1.29, 1.82) is 0 Å². The Morgan fingerprint density at radius 1 is 1.47 bits per heavy atom. The average molecular weight is 239 g/mol. The molecule has 0 bridgehead atoms. The van der Waals surface area contributed by atoms with Gasteiger partial charge in [0.15, 0.2) is 0 Å². The molecule has 3 N–H and O–H groups in total. The van der Waals surface area contributed by atoms with Gasteiger partial charge in [-0.15, -0.1) is 0 Å². The van der Waals surface area contributed by atoms with E-state index in [1.807, 2.05) is 19.3 Å². The van der Waals surface area contributed by atoms with Crippen molar-refractivity contribution in [3.63, 3.8) is 0 Å². The molecule has 4 nitrogen and oxygen atoms in total. The van der Waals surface area contributed by atoms with Crippen LogP contribution in [0.25, 0.3) is 0 Å². The zero-order chi connectivity index (χ0) is 12.7. The number of aliphatic hydroxyl groups is 1. The van der Waals surface area contributed by atoms with E-state index in [9.17, 15) is 5.11 Å². The van der Waals surface area contributed by atoms with E-state index in [-0.39, 0.29) is 0 Å². The number of hydrogen-bond acceptors (Lipinski definition) is 3. The molecule has 1 aromatic heterocycles. The van der Waals surface area contributed by atoms with Gasteiger partial charge >= 0.3 is 0 Å². The van der Waals surface area contributed by atoms with E-state index in [1.165, 1.54) is 0 Å². The second kappa shape index (κ2) is 6.77. The molecule has 1 heterocycles. The van der Waals surface area contributed by atoms with Crippen LogP contribution in [-0.2, 0) is 13.0 Å². The number of nitrogens with two attached hydrogens (primary N) is 1. The molecule has 98 valence electrons. The number of aromatic nitrogens is 2. The lowest BCUT2D eigenvalue weighted by Gasteiger charge is -2.24. The van der Waals surface area contributed by atoms with Crippen molar-refractivity contribution in [2.45, 2.75) is 58.1 Å². The summed E-state index contributed by atoms with van der Waals surface area (Å²) in [4.78, 5) is 4.34. The van der Waals surface area contributed by atoms with Gasteiger partial charge in [0.05, 0.1) is 5.60 Å². The van der Waals surface area contributed by atoms with E-state index in [1.54, 1.807) is 0 Å². The maximum atomic E-state index is 10.1. The monoisotopic (exact) mass is 239 g/mol. The van der Waals surface area contributed by atoms with Crippen LogP contribution in [-0.4, -0.2) is 26.8 Å². The molecule has 1 atom stereocenters. The lowest BCUT2D eigenvalue weighted by molar-refractivity contribution is 0.0333. The van der Waals surface area contributed by atoms with Crippen molar-refractivity contribution < 1.29 is 5.11 Å². The van der Waals surface area contributed by atoms with Gasteiger partial charge in [0, 0.05) is 31.9 Å². The van der Waals surface area contributed by atoms with Gasteiger partial charge < -0.3 is 15.4 Å². The highest BCUT2D eigenvalue weighted by atomic mass is 16.3. The molecule has 0 saturated carbocycles. The maximum Gasteiger partial charge on any atom is 0.108 e. The largest absolute Gasteiger partial charge is 0.389 e. The van der Waals surface area contributed by atoms with Crippen LogP contribution in [0.2, 0.25) is 0 Å². The number of nitrogens with zero attached hydrogens (tertiary/aromatic N) is 2. The molecule has 4 heteroatoms. The van der Waals surface area contributed by atoms with Gasteiger partial charge in [-0.05, 0) is 25.7 Å². The Kier molecular flexibility index (Phi) is 5.65. The van der Waals surface area contributed by atoms with E-state index in [2.05, 4.69) is 16.5 Å². The van der Waals surface area contributed by atoms with Gasteiger partial charge in [-0.2, -0.15) is 0 Å². The molecule has 17 heavy (non-hydrogen) atoms. The Morgan fingerprint density at radius 3 is 2.82 bits per heavy atom. The Balaban J connectivity index is 2.42. The van der Waals surface area contributed by atoms with Gasteiger partial charge in [-0.3, -0.25) is 0 Å². The Labute approximate surface area is 104 Å². The van der Waals surface area contributed by atoms with Crippen LogP contribution >= 0.6 is 0 Å². The third-order valence-corrected chi connectivity index (χ3v) is 3.35. The highest BCUT2D eigenvalue weighted by Crippen LogP contribution is 2.16. The average Bonchev–Trinajstić information content (AvgIpc) is 2.77. The minimum atomic E-state index is -0.689. The molecule has 0 spiro atoms. The summed E-state index contributed by atoms with van der Waals surface area (Å²) in [7, 11) is 0. The molecule has 0 aromatic carbocycles. The van der Waals surface area contributed by atoms with Crippen LogP contribution in [0.15, 0.2) is 12.4 Å². The number of imidazole rings is 1. The standard InChI is InChI=1S/C13H25N3O/c1-3-6-12-15-8-10-16(12)9-5-7-13(17,4-2)11-14/h8,10,17H,3-7,9,11,14H2,1-2H3. The lowest BCUT2D eigenvalue weighted by Crippen LogP contribution is -2.37. The Hall–Kier alpha value is -0.870. The molecular weight excluding hydrogens is 214 g/mol. The SMILES string of the molecule is CCCc1nccn1CCCC(O)(CC)CN. The third kappa shape index (κ3) is 4.13. The van der Waals surface area contributed by atoms with E-state index in [0.717, 1.165) is 44.5 Å². The summed E-state index contributed by atoms with van der Waals surface area (Å²) >= 11 is 0. The van der Waals surface area contributed by atoms with E-state index in [4.69, 9.17) is 5.73 Å². The molecule has 0 radical (unpaired) electrons. The van der Waals surface area contributed by atoms with Crippen molar-refractivity contribution in [3.05, 3.63) is 18.2 Å². The molecule has 0 aliphatic rings. The van der Waals surface area contributed by atoms with Gasteiger partial charge in [0.25, 0.3) is 0 Å². The van der Waals surface area contributed by atoms with Crippen molar-refractivity contribution in [1.82, 2.24) is 9.55 Å². The normalized spacial score (nSPS) is 14.8. The first-order chi connectivity index (χ1) is 8.15. The first-order valence-corrected chi connectivity index (χ1v) is 6.57. The van der Waals surface area contributed by atoms with Crippen LogP contribution in [0.1, 0.15) is 45.4 Å². The van der Waals surface area contributed by atoms with E-state index in [0.29, 0.717) is 6.54 Å². The lowest BCUT2D eigenvalue weighted by atomic mass is 9.95. The summed E-state index contributed by atoms with van der Waals surface area (Å²) in [5, 5.41) is 10.1. The van der Waals surface area contributed by atoms with Gasteiger partial charge in [-0.1, -0.05) is 13.8 Å². The zero-order valence-electron chi connectivity index (χ0n) is 11.0. The van der Waals surface area contributed by atoms with Crippen molar-refractivity contribution >= 4 is 0 Å². The second-order valence-corrected chi connectivity index (χ2v) is 4.67. The fourth-order valence-electron chi connectivity index (χ4n) is 2.00. The molecule has 0 amide bonds. The first kappa shape index (κ1) is 14.2. The van der Waals surface area contributed by atoms with Crippen molar-refractivity contribution in [2.75, 3.05) is 6.54 Å². The molecule has 0 saturated heterocycles. The summed E-state index contributed by atoms with van der Waals surface area (Å²) in [6.07, 6.45) is 8.40. The van der Waals surface area contributed by atoms with Crippen LogP contribution in [0.5, 0.6) is 0 Å². The summed E-state index contributed by atoms with van der Waals surface area (Å²) in [6, 6.07) is 0. The van der Waals surface area contributed by atoms with Gasteiger partial charge in [0.1, 0.15) is 5.82 Å². The van der Waals surface area contributed by atoms with Crippen molar-refractivity contribution in [2.24, 2.45) is 5.73 Å². The molecule has 0 aliphatic carbocycles. The number of rotatable bonds is 8. The Bertz CT molecular complexity index is 318. The molecule has 1 unspecified atom stereocenters. The summed E-state index contributed by atoms with van der Waals surface area (Å²) in [5.41, 5.74) is 4.90. The predicted molar refractivity (Wildman–Crippen MR) is 69.8 cm³/mol. The second-order valence-electron chi connectivity index (χ2n) is 4.67. The minimum Gasteiger partial charge on any atom is -0.389 e. The number of aryl methyl sites for hydroxylation is 2. The highest BCUT2D eigenvalue weighted by molar-refractivity contribution is 4.92. The molecule has 0 aliphatic heterocycles. The number of hydrogen-bond donors (Lipinski definition) is 2. The van der Waals surface area contributed by atoms with Gasteiger partial charge in [0.2, 0.25) is 0 Å². The third-order valence-electron chi connectivity index (χ3n) is 3.35. The molecule has 1 rings (SSSR count). The van der Waals surface area contributed by atoms with Crippen LogP contribution in [0, 0.1) is 0 Å². The van der Waals surface area contributed by atoms with Gasteiger partial charge in [-0.25, -0.2) is 4.98 Å². The molecule has 1 aromatic rings. The quantitative estimate of drug-likeness (QED) is 0.726. The smallest absolute Gasteiger partial charge is 0.108 e.